The second-order valence-corrected chi connectivity index (χ2v) is 5.96. The summed E-state index contributed by atoms with van der Waals surface area (Å²) in [6, 6.07) is 17.4. The molecule has 0 atom stereocenters. The zero-order valence-corrected chi connectivity index (χ0v) is 14.3. The van der Waals surface area contributed by atoms with Crippen molar-refractivity contribution in [2.75, 3.05) is 17.2 Å². The Morgan fingerprint density at radius 3 is 2.38 bits per heavy atom. The summed E-state index contributed by atoms with van der Waals surface area (Å²) < 4.78 is 0. The van der Waals surface area contributed by atoms with E-state index < -0.39 is 0 Å². The molecule has 0 unspecified atom stereocenters. The van der Waals surface area contributed by atoms with Crippen molar-refractivity contribution >= 4 is 40.7 Å². The first-order chi connectivity index (χ1) is 11.7. The average Bonchev–Trinajstić information content (AvgIpc) is 2.60. The van der Waals surface area contributed by atoms with Crippen molar-refractivity contribution in [1.82, 2.24) is 9.97 Å². The first-order valence-corrected chi connectivity index (χ1v) is 8.30. The molecule has 24 heavy (non-hydrogen) atoms. The van der Waals surface area contributed by atoms with Crippen LogP contribution in [0, 0.1) is 0 Å². The van der Waals surface area contributed by atoms with Crippen LogP contribution in [0.2, 0.25) is 10.0 Å². The molecule has 0 aliphatic heterocycles. The molecule has 0 amide bonds. The fourth-order valence-electron chi connectivity index (χ4n) is 2.23. The molecule has 2 aromatic carbocycles. The Kier molecular flexibility index (Phi) is 5.51. The smallest absolute Gasteiger partial charge is 0.229 e. The highest BCUT2D eigenvalue weighted by molar-refractivity contribution is 6.39. The highest BCUT2D eigenvalue weighted by atomic mass is 35.5. The van der Waals surface area contributed by atoms with Crippen molar-refractivity contribution < 1.29 is 0 Å². The number of anilines is 3. The van der Waals surface area contributed by atoms with Gasteiger partial charge in [0.2, 0.25) is 5.95 Å². The van der Waals surface area contributed by atoms with Gasteiger partial charge in [-0.3, -0.25) is 0 Å². The average molecular weight is 359 g/mol. The third-order valence-corrected chi connectivity index (χ3v) is 4.05. The topological polar surface area (TPSA) is 49.8 Å². The minimum atomic E-state index is 0.440. The summed E-state index contributed by atoms with van der Waals surface area (Å²) >= 11 is 12.3. The van der Waals surface area contributed by atoms with Crippen LogP contribution in [0.25, 0.3) is 0 Å². The van der Waals surface area contributed by atoms with Gasteiger partial charge in [0, 0.05) is 12.7 Å². The van der Waals surface area contributed by atoms with Crippen LogP contribution in [0.4, 0.5) is 17.5 Å². The highest BCUT2D eigenvalue weighted by Crippen LogP contribution is 2.31. The molecular formula is C18H16Cl2N4. The number of para-hydroxylation sites is 1. The molecule has 0 spiro atoms. The van der Waals surface area contributed by atoms with Gasteiger partial charge in [0.15, 0.2) is 0 Å². The van der Waals surface area contributed by atoms with E-state index in [1.54, 1.807) is 24.4 Å². The summed E-state index contributed by atoms with van der Waals surface area (Å²) in [6.45, 7) is 0.785. The Labute approximate surface area is 150 Å². The largest absolute Gasteiger partial charge is 0.370 e. The first-order valence-electron chi connectivity index (χ1n) is 7.54. The second kappa shape index (κ2) is 7.99. The Bertz CT molecular complexity index is 789. The summed E-state index contributed by atoms with van der Waals surface area (Å²) in [5.41, 5.74) is 1.88. The van der Waals surface area contributed by atoms with Crippen molar-refractivity contribution in [2.45, 2.75) is 6.42 Å². The predicted octanol–water partition coefficient (Wildman–Crippen LogP) is 5.18. The molecule has 6 heteroatoms. The van der Waals surface area contributed by atoms with Crippen molar-refractivity contribution in [2.24, 2.45) is 0 Å². The lowest BCUT2D eigenvalue weighted by atomic mass is 10.1. The third-order valence-electron chi connectivity index (χ3n) is 3.42. The molecule has 3 aromatic rings. The molecule has 1 aromatic heterocycles. The Morgan fingerprint density at radius 1 is 0.875 bits per heavy atom. The van der Waals surface area contributed by atoms with Crippen LogP contribution in [-0.2, 0) is 6.42 Å². The number of nitrogens with zero attached hydrogens (tertiary/aromatic N) is 2. The molecule has 4 nitrogen and oxygen atoms in total. The number of rotatable bonds is 6. The fourth-order valence-corrected chi connectivity index (χ4v) is 2.72. The van der Waals surface area contributed by atoms with Crippen LogP contribution in [-0.4, -0.2) is 16.5 Å². The lowest BCUT2D eigenvalue weighted by Crippen LogP contribution is -2.08. The van der Waals surface area contributed by atoms with Gasteiger partial charge in [-0.05, 0) is 30.2 Å². The monoisotopic (exact) mass is 358 g/mol. The second-order valence-electron chi connectivity index (χ2n) is 5.15. The molecule has 0 fully saturated rings. The summed E-state index contributed by atoms with van der Waals surface area (Å²) in [5, 5.41) is 7.40. The van der Waals surface area contributed by atoms with Crippen LogP contribution in [0.5, 0.6) is 0 Å². The lowest BCUT2D eigenvalue weighted by Gasteiger charge is -2.10. The molecular weight excluding hydrogens is 343 g/mol. The summed E-state index contributed by atoms with van der Waals surface area (Å²) in [5.74, 6) is 1.18. The quantitative estimate of drug-likeness (QED) is 0.637. The predicted molar refractivity (Wildman–Crippen MR) is 100 cm³/mol. The van der Waals surface area contributed by atoms with Gasteiger partial charge in [-0.25, -0.2) is 4.98 Å². The molecule has 0 aliphatic carbocycles. The fraction of sp³-hybridized carbons (Fsp3) is 0.111. The Balaban J connectivity index is 1.64. The Morgan fingerprint density at radius 2 is 1.62 bits per heavy atom. The van der Waals surface area contributed by atoms with Crippen LogP contribution >= 0.6 is 23.2 Å². The number of hydrogen-bond acceptors (Lipinski definition) is 4. The van der Waals surface area contributed by atoms with E-state index in [1.807, 2.05) is 24.3 Å². The maximum absolute atomic E-state index is 6.15. The van der Waals surface area contributed by atoms with Crippen LogP contribution in [0.1, 0.15) is 5.56 Å². The molecule has 0 aliphatic rings. The van der Waals surface area contributed by atoms with Gasteiger partial charge < -0.3 is 10.6 Å². The van der Waals surface area contributed by atoms with Gasteiger partial charge in [0.25, 0.3) is 0 Å². The van der Waals surface area contributed by atoms with E-state index in [1.165, 1.54) is 5.56 Å². The van der Waals surface area contributed by atoms with Crippen molar-refractivity contribution in [3.05, 3.63) is 76.4 Å². The first kappa shape index (κ1) is 16.6. The van der Waals surface area contributed by atoms with Gasteiger partial charge in [-0.15, -0.1) is 0 Å². The van der Waals surface area contributed by atoms with E-state index in [4.69, 9.17) is 23.2 Å². The Hall–Kier alpha value is -2.30. The summed E-state index contributed by atoms with van der Waals surface area (Å²) in [7, 11) is 0. The van der Waals surface area contributed by atoms with E-state index in [9.17, 15) is 0 Å². The summed E-state index contributed by atoms with van der Waals surface area (Å²) in [6.07, 6.45) is 2.61. The third kappa shape index (κ3) is 4.37. The van der Waals surface area contributed by atoms with Crippen LogP contribution < -0.4 is 10.6 Å². The SMILES string of the molecule is Clc1cccc(Cl)c1Nc1nccc(NCCc2ccccc2)n1. The standard InChI is InChI=1S/C18H16Cl2N4/c19-14-7-4-8-15(20)17(14)24-18-22-12-10-16(23-18)21-11-9-13-5-2-1-3-6-13/h1-8,10,12H,9,11H2,(H2,21,22,23,24). The van der Waals surface area contributed by atoms with Crippen LogP contribution in [0.15, 0.2) is 60.8 Å². The zero-order valence-electron chi connectivity index (χ0n) is 12.8. The van der Waals surface area contributed by atoms with Crippen molar-refractivity contribution in [3.8, 4) is 0 Å². The number of halogens is 2. The van der Waals surface area contributed by atoms with Gasteiger partial charge in [-0.2, -0.15) is 4.98 Å². The van der Waals surface area contributed by atoms with Crippen molar-refractivity contribution in [1.29, 1.82) is 0 Å². The maximum atomic E-state index is 6.15. The van der Waals surface area contributed by atoms with E-state index in [2.05, 4.69) is 32.7 Å². The normalized spacial score (nSPS) is 10.4. The highest BCUT2D eigenvalue weighted by Gasteiger charge is 2.07. The number of hydrogen-bond donors (Lipinski definition) is 2. The molecule has 2 N–H and O–H groups in total. The number of nitrogens with one attached hydrogen (secondary N) is 2. The molecule has 0 bridgehead atoms. The lowest BCUT2D eigenvalue weighted by molar-refractivity contribution is 1.00. The number of benzene rings is 2. The summed E-state index contributed by atoms with van der Waals surface area (Å²) in [4.78, 5) is 8.63. The molecule has 0 saturated carbocycles. The van der Waals surface area contributed by atoms with Gasteiger partial charge in [0.1, 0.15) is 5.82 Å². The van der Waals surface area contributed by atoms with E-state index >= 15 is 0 Å². The van der Waals surface area contributed by atoms with Gasteiger partial charge >= 0.3 is 0 Å². The number of aromatic nitrogens is 2. The van der Waals surface area contributed by atoms with Gasteiger partial charge in [-0.1, -0.05) is 59.6 Å². The van der Waals surface area contributed by atoms with E-state index in [-0.39, 0.29) is 0 Å². The van der Waals surface area contributed by atoms with Crippen LogP contribution in [0.3, 0.4) is 0 Å². The van der Waals surface area contributed by atoms with E-state index in [0.29, 0.717) is 21.7 Å². The van der Waals surface area contributed by atoms with Gasteiger partial charge in [0.05, 0.1) is 15.7 Å². The minimum Gasteiger partial charge on any atom is -0.370 e. The molecule has 0 saturated heterocycles. The molecule has 3 rings (SSSR count). The maximum Gasteiger partial charge on any atom is 0.229 e. The van der Waals surface area contributed by atoms with Crippen molar-refractivity contribution in [3.63, 3.8) is 0 Å². The molecule has 1 heterocycles. The molecule has 122 valence electrons. The molecule has 0 radical (unpaired) electrons. The minimum absolute atomic E-state index is 0.440. The zero-order chi connectivity index (χ0) is 16.8. The van der Waals surface area contributed by atoms with E-state index in [0.717, 1.165) is 18.8 Å².